The van der Waals surface area contributed by atoms with Crippen molar-refractivity contribution in [2.75, 3.05) is 5.32 Å². The molecule has 1 unspecified atom stereocenters. The largest absolute Gasteiger partial charge is 0.508 e. The van der Waals surface area contributed by atoms with Gasteiger partial charge in [-0.25, -0.2) is 4.39 Å². The van der Waals surface area contributed by atoms with Crippen molar-refractivity contribution >= 4 is 5.69 Å². The van der Waals surface area contributed by atoms with Crippen molar-refractivity contribution < 1.29 is 9.50 Å². The fourth-order valence-corrected chi connectivity index (χ4v) is 1.88. The number of hydrogen-bond donors (Lipinski definition) is 2. The van der Waals surface area contributed by atoms with Gasteiger partial charge in [0.1, 0.15) is 11.6 Å². The first-order chi connectivity index (χ1) is 8.97. The molecule has 5 heteroatoms. The molecule has 4 nitrogen and oxygen atoms in total. The normalized spacial score (nSPS) is 12.2. The third-order valence-electron chi connectivity index (χ3n) is 2.93. The topological polar surface area (TPSA) is 54.3 Å². The molecule has 1 heterocycles. The molecule has 0 saturated carbocycles. The van der Waals surface area contributed by atoms with Crippen LogP contribution in [0.5, 0.6) is 5.75 Å². The average Bonchev–Trinajstić information content (AvgIpc) is 2.36. The minimum absolute atomic E-state index is 0.0335. The molecular weight excluding hydrogens is 247 g/mol. The van der Waals surface area contributed by atoms with E-state index in [2.05, 4.69) is 5.32 Å². The molecule has 0 radical (unpaired) electrons. The number of hydrogen-bond acceptors (Lipinski definition) is 3. The number of nitrogens with zero attached hydrogens (tertiary/aromatic N) is 1. The molecule has 2 aromatic rings. The summed E-state index contributed by atoms with van der Waals surface area (Å²) >= 11 is 0. The highest BCUT2D eigenvalue weighted by molar-refractivity contribution is 5.45. The molecule has 0 amide bonds. The average molecular weight is 262 g/mol. The zero-order valence-corrected chi connectivity index (χ0v) is 10.7. The summed E-state index contributed by atoms with van der Waals surface area (Å²) in [6.07, 6.45) is 1.65. The Morgan fingerprint density at radius 3 is 2.74 bits per heavy atom. The molecule has 100 valence electrons. The Labute approximate surface area is 110 Å². The SMILES string of the molecule is CC(Nc1ccc(=O)n(C)c1)c1cc(F)ccc1O. The molecular formula is C14H15FN2O2. The minimum Gasteiger partial charge on any atom is -0.508 e. The number of pyridine rings is 1. The number of aromatic nitrogens is 1. The first-order valence-corrected chi connectivity index (χ1v) is 5.89. The van der Waals surface area contributed by atoms with Gasteiger partial charge in [0.05, 0.1) is 11.7 Å². The molecule has 0 aliphatic rings. The number of rotatable bonds is 3. The summed E-state index contributed by atoms with van der Waals surface area (Å²) in [7, 11) is 1.65. The number of aromatic hydroxyl groups is 1. The third-order valence-corrected chi connectivity index (χ3v) is 2.93. The summed E-state index contributed by atoms with van der Waals surface area (Å²) in [6, 6.07) is 6.62. The molecule has 0 saturated heterocycles. The number of phenols is 1. The summed E-state index contributed by atoms with van der Waals surface area (Å²) in [5.74, 6) is -0.367. The van der Waals surface area contributed by atoms with Crippen molar-refractivity contribution in [3.63, 3.8) is 0 Å². The van der Waals surface area contributed by atoms with Crippen molar-refractivity contribution in [3.8, 4) is 5.75 Å². The van der Waals surface area contributed by atoms with Crippen LogP contribution in [0.25, 0.3) is 0 Å². The molecule has 1 atom stereocenters. The van der Waals surface area contributed by atoms with E-state index in [1.165, 1.54) is 28.8 Å². The highest BCUT2D eigenvalue weighted by Crippen LogP contribution is 2.27. The highest BCUT2D eigenvalue weighted by Gasteiger charge is 2.11. The summed E-state index contributed by atoms with van der Waals surface area (Å²) in [6.45, 7) is 1.81. The van der Waals surface area contributed by atoms with E-state index < -0.39 is 5.82 Å². The van der Waals surface area contributed by atoms with Crippen molar-refractivity contribution in [1.82, 2.24) is 4.57 Å². The molecule has 0 bridgehead atoms. The Morgan fingerprint density at radius 1 is 1.32 bits per heavy atom. The van der Waals surface area contributed by atoms with E-state index in [1.807, 2.05) is 0 Å². The maximum Gasteiger partial charge on any atom is 0.250 e. The van der Waals surface area contributed by atoms with Gasteiger partial charge in [0, 0.05) is 24.9 Å². The van der Waals surface area contributed by atoms with Crippen LogP contribution in [-0.4, -0.2) is 9.67 Å². The van der Waals surface area contributed by atoms with Gasteiger partial charge in [-0.15, -0.1) is 0 Å². The first-order valence-electron chi connectivity index (χ1n) is 5.89. The van der Waals surface area contributed by atoms with Gasteiger partial charge in [0.15, 0.2) is 0 Å². The Bertz CT molecular complexity index is 652. The van der Waals surface area contributed by atoms with Crippen LogP contribution >= 0.6 is 0 Å². The van der Waals surface area contributed by atoms with Gasteiger partial charge >= 0.3 is 0 Å². The quantitative estimate of drug-likeness (QED) is 0.893. The summed E-state index contributed by atoms with van der Waals surface area (Å²) in [5.41, 5.74) is 1.08. The van der Waals surface area contributed by atoms with E-state index in [0.717, 1.165) is 5.69 Å². The zero-order valence-electron chi connectivity index (χ0n) is 10.7. The Kier molecular flexibility index (Phi) is 3.55. The lowest BCUT2D eigenvalue weighted by molar-refractivity contribution is 0.462. The van der Waals surface area contributed by atoms with E-state index >= 15 is 0 Å². The van der Waals surface area contributed by atoms with Gasteiger partial charge in [-0.05, 0) is 31.2 Å². The van der Waals surface area contributed by atoms with Gasteiger partial charge in [-0.3, -0.25) is 4.79 Å². The second-order valence-electron chi connectivity index (χ2n) is 4.44. The molecule has 2 rings (SSSR count). The summed E-state index contributed by atoms with van der Waals surface area (Å²) < 4.78 is 14.6. The lowest BCUT2D eigenvalue weighted by Gasteiger charge is -2.17. The van der Waals surface area contributed by atoms with E-state index in [9.17, 15) is 14.3 Å². The van der Waals surface area contributed by atoms with Crippen LogP contribution in [0.15, 0.2) is 41.3 Å². The summed E-state index contributed by atoms with van der Waals surface area (Å²) in [5, 5.41) is 12.8. The zero-order chi connectivity index (χ0) is 14.0. The van der Waals surface area contributed by atoms with Crippen molar-refractivity contribution in [2.45, 2.75) is 13.0 Å². The molecule has 0 aliphatic heterocycles. The van der Waals surface area contributed by atoms with Crippen LogP contribution in [0.4, 0.5) is 10.1 Å². The van der Waals surface area contributed by atoms with Gasteiger partial charge in [0.2, 0.25) is 5.56 Å². The second-order valence-corrected chi connectivity index (χ2v) is 4.44. The van der Waals surface area contributed by atoms with Crippen molar-refractivity contribution in [3.05, 3.63) is 58.3 Å². The predicted molar refractivity (Wildman–Crippen MR) is 71.8 cm³/mol. The highest BCUT2D eigenvalue weighted by atomic mass is 19.1. The van der Waals surface area contributed by atoms with Gasteiger partial charge in [0.25, 0.3) is 0 Å². The Morgan fingerprint density at radius 2 is 2.05 bits per heavy atom. The first kappa shape index (κ1) is 13.1. The van der Waals surface area contributed by atoms with Crippen LogP contribution in [0.1, 0.15) is 18.5 Å². The number of aryl methyl sites for hydroxylation is 1. The van der Waals surface area contributed by atoms with Gasteiger partial charge < -0.3 is 15.0 Å². The van der Waals surface area contributed by atoms with Crippen LogP contribution in [0.3, 0.4) is 0 Å². The fraction of sp³-hybridized carbons (Fsp3) is 0.214. The maximum absolute atomic E-state index is 13.2. The molecule has 0 spiro atoms. The third kappa shape index (κ3) is 2.93. The van der Waals surface area contributed by atoms with Crippen LogP contribution < -0.4 is 10.9 Å². The van der Waals surface area contributed by atoms with E-state index in [0.29, 0.717) is 5.56 Å². The van der Waals surface area contributed by atoms with E-state index in [4.69, 9.17) is 0 Å². The molecule has 2 N–H and O–H groups in total. The molecule has 1 aromatic heterocycles. The van der Waals surface area contributed by atoms with Crippen molar-refractivity contribution in [2.24, 2.45) is 7.05 Å². The van der Waals surface area contributed by atoms with Crippen molar-refractivity contribution in [1.29, 1.82) is 0 Å². The lowest BCUT2D eigenvalue weighted by atomic mass is 10.1. The molecule has 1 aromatic carbocycles. The molecule has 0 fully saturated rings. The monoisotopic (exact) mass is 262 g/mol. The molecule has 19 heavy (non-hydrogen) atoms. The number of halogens is 1. The Balaban J connectivity index is 2.25. The van der Waals surface area contributed by atoms with Crippen LogP contribution in [0, 0.1) is 5.82 Å². The number of nitrogens with one attached hydrogen (secondary N) is 1. The molecule has 0 aliphatic carbocycles. The number of anilines is 1. The maximum atomic E-state index is 13.2. The minimum atomic E-state index is -0.401. The van der Waals surface area contributed by atoms with Gasteiger partial charge in [-0.2, -0.15) is 0 Å². The standard InChI is InChI=1S/C14H15FN2O2/c1-9(12-7-10(15)3-5-13(12)18)16-11-4-6-14(19)17(2)8-11/h3-9,16,18H,1-2H3. The van der Waals surface area contributed by atoms with Crippen LogP contribution in [-0.2, 0) is 7.05 Å². The number of benzene rings is 1. The second kappa shape index (κ2) is 5.14. The fourth-order valence-electron chi connectivity index (χ4n) is 1.88. The smallest absolute Gasteiger partial charge is 0.250 e. The van der Waals surface area contributed by atoms with E-state index in [1.54, 1.807) is 26.2 Å². The summed E-state index contributed by atoms with van der Waals surface area (Å²) in [4.78, 5) is 11.3. The lowest BCUT2D eigenvalue weighted by Crippen LogP contribution is -2.16. The Hall–Kier alpha value is -2.30. The van der Waals surface area contributed by atoms with E-state index in [-0.39, 0.29) is 17.4 Å². The number of phenolic OH excluding ortho intramolecular Hbond substituents is 1. The predicted octanol–water partition coefficient (Wildman–Crippen LogP) is 2.40. The van der Waals surface area contributed by atoms with Gasteiger partial charge in [-0.1, -0.05) is 0 Å². The van der Waals surface area contributed by atoms with Crippen LogP contribution in [0.2, 0.25) is 0 Å².